The number of carbonyl (C=O) groups excluding carboxylic acids is 1. The highest BCUT2D eigenvalue weighted by atomic mass is 16.4. The van der Waals surface area contributed by atoms with Crippen LogP contribution >= 0.6 is 0 Å². The average Bonchev–Trinajstić information content (AvgIpc) is 2.56. The van der Waals surface area contributed by atoms with Crippen LogP contribution in [0.25, 0.3) is 0 Å². The lowest BCUT2D eigenvalue weighted by Crippen LogP contribution is -2.45. The van der Waals surface area contributed by atoms with Crippen molar-refractivity contribution in [3.8, 4) is 0 Å². The molecule has 78 valence electrons. The summed E-state index contributed by atoms with van der Waals surface area (Å²) in [4.78, 5) is 23.2. The van der Waals surface area contributed by atoms with Crippen molar-refractivity contribution in [3.63, 3.8) is 0 Å². The fourth-order valence-corrected chi connectivity index (χ4v) is 1.86. The topological polar surface area (TPSA) is 83.6 Å². The second-order valence-electron chi connectivity index (χ2n) is 3.40. The molecule has 1 aromatic carbocycles. The van der Waals surface area contributed by atoms with Crippen LogP contribution in [-0.2, 0) is 11.2 Å². The number of para-hydroxylation sites is 1. The number of nitrogens with zero attached hydrogens (tertiary/aromatic N) is 1. The third kappa shape index (κ3) is 1.41. The first-order valence-electron chi connectivity index (χ1n) is 4.50. The van der Waals surface area contributed by atoms with Gasteiger partial charge in [-0.3, -0.25) is 4.90 Å². The highest BCUT2D eigenvalue weighted by Gasteiger charge is 2.37. The van der Waals surface area contributed by atoms with Gasteiger partial charge >= 0.3 is 12.0 Å². The van der Waals surface area contributed by atoms with Gasteiger partial charge in [-0.2, -0.15) is 0 Å². The number of primary amides is 1. The summed E-state index contributed by atoms with van der Waals surface area (Å²) in [6.07, 6.45) is 0.314. The van der Waals surface area contributed by atoms with Crippen molar-refractivity contribution in [2.45, 2.75) is 12.5 Å². The predicted molar refractivity (Wildman–Crippen MR) is 53.6 cm³/mol. The number of hydrogen-bond donors (Lipinski definition) is 2. The molecule has 2 rings (SSSR count). The van der Waals surface area contributed by atoms with E-state index in [1.54, 1.807) is 18.2 Å². The smallest absolute Gasteiger partial charge is 0.327 e. The Balaban J connectivity index is 2.46. The van der Waals surface area contributed by atoms with E-state index in [0.717, 1.165) is 10.5 Å². The molecule has 1 aromatic rings. The van der Waals surface area contributed by atoms with Crippen LogP contribution in [-0.4, -0.2) is 23.1 Å². The second kappa shape index (κ2) is 3.27. The van der Waals surface area contributed by atoms with Gasteiger partial charge in [-0.25, -0.2) is 9.59 Å². The second-order valence-corrected chi connectivity index (χ2v) is 3.40. The lowest BCUT2D eigenvalue weighted by Gasteiger charge is -2.19. The van der Waals surface area contributed by atoms with Crippen molar-refractivity contribution in [1.29, 1.82) is 0 Å². The number of hydrogen-bond acceptors (Lipinski definition) is 2. The maximum absolute atomic E-state index is 11.2. The number of aliphatic carboxylic acids is 1. The maximum atomic E-state index is 11.2. The van der Waals surface area contributed by atoms with E-state index in [4.69, 9.17) is 10.8 Å². The Morgan fingerprint density at radius 1 is 1.40 bits per heavy atom. The SMILES string of the molecule is NC(=O)N1c2ccccc2CC1C(=O)O. The van der Waals surface area contributed by atoms with Crippen LogP contribution < -0.4 is 10.6 Å². The van der Waals surface area contributed by atoms with Crippen LogP contribution in [0.2, 0.25) is 0 Å². The monoisotopic (exact) mass is 206 g/mol. The molecular weight excluding hydrogens is 196 g/mol. The fourth-order valence-electron chi connectivity index (χ4n) is 1.86. The van der Waals surface area contributed by atoms with Crippen molar-refractivity contribution >= 4 is 17.7 Å². The Labute approximate surface area is 86.1 Å². The van der Waals surface area contributed by atoms with Crippen LogP contribution in [0.1, 0.15) is 5.56 Å². The lowest BCUT2D eigenvalue weighted by atomic mass is 10.1. The first kappa shape index (κ1) is 9.51. The minimum absolute atomic E-state index is 0.314. The summed E-state index contributed by atoms with van der Waals surface area (Å²) in [6, 6.07) is 5.45. The minimum Gasteiger partial charge on any atom is -0.480 e. The zero-order valence-corrected chi connectivity index (χ0v) is 7.88. The van der Waals surface area contributed by atoms with Crippen LogP contribution in [0, 0.1) is 0 Å². The van der Waals surface area contributed by atoms with Crippen LogP contribution in [0.15, 0.2) is 24.3 Å². The van der Waals surface area contributed by atoms with E-state index in [9.17, 15) is 9.59 Å². The molecule has 0 saturated carbocycles. The number of urea groups is 1. The maximum Gasteiger partial charge on any atom is 0.327 e. The van der Waals surface area contributed by atoms with Gasteiger partial charge in [-0.15, -0.1) is 0 Å². The van der Waals surface area contributed by atoms with Crippen molar-refractivity contribution in [2.75, 3.05) is 4.90 Å². The Hall–Kier alpha value is -2.04. The molecule has 3 N–H and O–H groups in total. The zero-order chi connectivity index (χ0) is 11.0. The Bertz CT molecular complexity index is 430. The summed E-state index contributed by atoms with van der Waals surface area (Å²) in [6.45, 7) is 0. The third-order valence-electron chi connectivity index (χ3n) is 2.50. The van der Waals surface area contributed by atoms with Gasteiger partial charge in [0.25, 0.3) is 0 Å². The molecule has 1 heterocycles. The largest absolute Gasteiger partial charge is 0.480 e. The number of nitrogens with two attached hydrogens (primary N) is 1. The minimum atomic E-state index is -1.04. The molecule has 1 aliphatic rings. The molecule has 0 spiro atoms. The number of carboxylic acid groups (broad SMARTS) is 1. The molecule has 0 aliphatic carbocycles. The Morgan fingerprint density at radius 2 is 2.07 bits per heavy atom. The third-order valence-corrected chi connectivity index (χ3v) is 2.50. The summed E-state index contributed by atoms with van der Waals surface area (Å²) in [5.41, 5.74) is 6.60. The molecule has 0 bridgehead atoms. The van der Waals surface area contributed by atoms with E-state index in [-0.39, 0.29) is 0 Å². The number of fused-ring (bicyclic) bond motifs is 1. The molecular formula is C10H10N2O3. The average molecular weight is 206 g/mol. The summed E-state index contributed by atoms with van der Waals surface area (Å²) in [5.74, 6) is -1.04. The summed E-state index contributed by atoms with van der Waals surface area (Å²) >= 11 is 0. The molecule has 0 saturated heterocycles. The fraction of sp³-hybridized carbons (Fsp3) is 0.200. The Morgan fingerprint density at radius 3 is 2.67 bits per heavy atom. The Kier molecular flexibility index (Phi) is 2.07. The molecule has 1 aliphatic heterocycles. The highest BCUT2D eigenvalue weighted by Crippen LogP contribution is 2.31. The van der Waals surface area contributed by atoms with E-state index in [1.807, 2.05) is 6.07 Å². The van der Waals surface area contributed by atoms with Crippen LogP contribution in [0.3, 0.4) is 0 Å². The van der Waals surface area contributed by atoms with E-state index in [1.165, 1.54) is 0 Å². The van der Waals surface area contributed by atoms with Crippen molar-refractivity contribution < 1.29 is 14.7 Å². The molecule has 1 atom stereocenters. The number of amides is 2. The normalized spacial score (nSPS) is 18.7. The number of rotatable bonds is 1. The summed E-state index contributed by atoms with van der Waals surface area (Å²) < 4.78 is 0. The van der Waals surface area contributed by atoms with Crippen molar-refractivity contribution in [1.82, 2.24) is 0 Å². The first-order chi connectivity index (χ1) is 7.11. The molecule has 1 unspecified atom stereocenters. The number of anilines is 1. The first-order valence-corrected chi connectivity index (χ1v) is 4.50. The lowest BCUT2D eigenvalue weighted by molar-refractivity contribution is -0.138. The van der Waals surface area contributed by atoms with Gasteiger partial charge in [0, 0.05) is 12.1 Å². The summed E-state index contributed by atoms with van der Waals surface area (Å²) in [5, 5.41) is 8.96. The van der Waals surface area contributed by atoms with Crippen molar-refractivity contribution in [3.05, 3.63) is 29.8 Å². The van der Waals surface area contributed by atoms with E-state index in [0.29, 0.717) is 12.1 Å². The van der Waals surface area contributed by atoms with Gasteiger partial charge in [-0.1, -0.05) is 18.2 Å². The van der Waals surface area contributed by atoms with E-state index in [2.05, 4.69) is 0 Å². The van der Waals surface area contributed by atoms with Gasteiger partial charge < -0.3 is 10.8 Å². The van der Waals surface area contributed by atoms with Crippen molar-refractivity contribution in [2.24, 2.45) is 5.73 Å². The molecule has 0 fully saturated rings. The molecule has 5 heteroatoms. The molecule has 2 amide bonds. The number of carbonyl (C=O) groups is 2. The molecule has 0 radical (unpaired) electrons. The standard InChI is InChI=1S/C10H10N2O3/c11-10(15)12-7-4-2-1-3-6(7)5-8(12)9(13)14/h1-4,8H,5H2,(H2,11,15)(H,13,14). The molecule has 5 nitrogen and oxygen atoms in total. The number of carboxylic acids is 1. The van der Waals surface area contributed by atoms with Gasteiger partial charge in [-0.05, 0) is 11.6 Å². The van der Waals surface area contributed by atoms with Gasteiger partial charge in [0.15, 0.2) is 0 Å². The van der Waals surface area contributed by atoms with Gasteiger partial charge in [0.1, 0.15) is 6.04 Å². The van der Waals surface area contributed by atoms with E-state index < -0.39 is 18.0 Å². The molecule has 15 heavy (non-hydrogen) atoms. The molecule has 0 aromatic heterocycles. The van der Waals surface area contributed by atoms with Crippen LogP contribution in [0.4, 0.5) is 10.5 Å². The van der Waals surface area contributed by atoms with E-state index >= 15 is 0 Å². The highest BCUT2D eigenvalue weighted by molar-refractivity contribution is 6.00. The zero-order valence-electron chi connectivity index (χ0n) is 7.88. The summed E-state index contributed by atoms with van der Waals surface area (Å²) in [7, 11) is 0. The van der Waals surface area contributed by atoms with Gasteiger partial charge in [0.05, 0.1) is 0 Å². The quantitative estimate of drug-likeness (QED) is 0.705. The number of benzene rings is 1. The van der Waals surface area contributed by atoms with Gasteiger partial charge in [0.2, 0.25) is 0 Å². The van der Waals surface area contributed by atoms with Crippen LogP contribution in [0.5, 0.6) is 0 Å². The predicted octanol–water partition coefficient (Wildman–Crippen LogP) is 0.581.